The van der Waals surface area contributed by atoms with Crippen LogP contribution in [0.2, 0.25) is 0 Å². The first-order valence-corrected chi connectivity index (χ1v) is 4.86. The third-order valence-electron chi connectivity index (χ3n) is 2.06. The largest absolute Gasteiger partial charge is 0.361 e. The van der Waals surface area contributed by atoms with E-state index in [0.717, 1.165) is 12.8 Å². The summed E-state index contributed by atoms with van der Waals surface area (Å²) in [4.78, 5) is 0. The smallest absolute Gasteiger partial charge is 0.108 e. The van der Waals surface area contributed by atoms with Gasteiger partial charge in [0, 0.05) is 0 Å². The zero-order valence-corrected chi connectivity index (χ0v) is 8.62. The van der Waals surface area contributed by atoms with Crippen molar-refractivity contribution in [1.29, 1.82) is 0 Å². The van der Waals surface area contributed by atoms with Crippen LogP contribution in [-0.4, -0.2) is 12.7 Å². The molecule has 0 spiro atoms. The van der Waals surface area contributed by atoms with E-state index in [1.165, 1.54) is 5.57 Å². The molecule has 1 unspecified atom stereocenters. The van der Waals surface area contributed by atoms with Crippen molar-refractivity contribution in [3.8, 4) is 11.8 Å². The highest BCUT2D eigenvalue weighted by molar-refractivity contribution is 5.26. The Labute approximate surface area is 86.2 Å². The fourth-order valence-electron chi connectivity index (χ4n) is 1.31. The lowest BCUT2D eigenvalue weighted by Crippen LogP contribution is -2.11. The molecule has 0 aromatic heterocycles. The summed E-state index contributed by atoms with van der Waals surface area (Å²) in [5.74, 6) is 5.70. The molecule has 0 saturated heterocycles. The van der Waals surface area contributed by atoms with Crippen molar-refractivity contribution in [2.45, 2.75) is 25.9 Å². The summed E-state index contributed by atoms with van der Waals surface area (Å²) in [6.07, 6.45) is 10.4. The third kappa shape index (κ3) is 3.64. The second-order valence-corrected chi connectivity index (χ2v) is 3.14. The molecule has 1 nitrogen and oxygen atoms in total. The first-order valence-electron chi connectivity index (χ1n) is 4.86. The van der Waals surface area contributed by atoms with E-state index in [1.807, 2.05) is 13.0 Å². The Kier molecular flexibility index (Phi) is 4.82. The molecule has 0 N–H and O–H groups in total. The second-order valence-electron chi connectivity index (χ2n) is 3.14. The molecule has 0 fully saturated rings. The molecular formula is C13H16O. The molecule has 0 aliphatic heterocycles. The van der Waals surface area contributed by atoms with Crippen molar-refractivity contribution in [2.24, 2.45) is 0 Å². The maximum Gasteiger partial charge on any atom is 0.108 e. The van der Waals surface area contributed by atoms with Gasteiger partial charge >= 0.3 is 0 Å². The molecule has 14 heavy (non-hydrogen) atoms. The van der Waals surface area contributed by atoms with E-state index in [9.17, 15) is 0 Å². The van der Waals surface area contributed by atoms with E-state index in [-0.39, 0.29) is 6.10 Å². The van der Waals surface area contributed by atoms with Gasteiger partial charge in [-0.05, 0) is 25.3 Å². The maximum atomic E-state index is 5.52. The Morgan fingerprint density at radius 3 is 3.14 bits per heavy atom. The first kappa shape index (κ1) is 10.8. The molecule has 0 saturated carbocycles. The lowest BCUT2D eigenvalue weighted by Gasteiger charge is -2.14. The Morgan fingerprint density at radius 2 is 2.57 bits per heavy atom. The zero-order valence-electron chi connectivity index (χ0n) is 8.62. The van der Waals surface area contributed by atoms with E-state index >= 15 is 0 Å². The summed E-state index contributed by atoms with van der Waals surface area (Å²) in [5, 5.41) is 0. The van der Waals surface area contributed by atoms with E-state index in [4.69, 9.17) is 4.74 Å². The molecule has 1 atom stereocenters. The highest BCUT2D eigenvalue weighted by Gasteiger charge is 2.07. The van der Waals surface area contributed by atoms with Crippen LogP contribution >= 0.6 is 0 Å². The van der Waals surface area contributed by atoms with Gasteiger partial charge in [0.1, 0.15) is 6.61 Å². The molecule has 1 rings (SSSR count). The molecule has 1 aliphatic carbocycles. The predicted molar refractivity (Wildman–Crippen MR) is 59.8 cm³/mol. The van der Waals surface area contributed by atoms with E-state index in [2.05, 4.69) is 36.6 Å². The summed E-state index contributed by atoms with van der Waals surface area (Å²) in [7, 11) is 0. The summed E-state index contributed by atoms with van der Waals surface area (Å²) in [5.41, 5.74) is 1.32. The highest BCUT2D eigenvalue weighted by Crippen LogP contribution is 2.15. The van der Waals surface area contributed by atoms with Crippen LogP contribution in [0.15, 0.2) is 36.5 Å². The van der Waals surface area contributed by atoms with Gasteiger partial charge in [0.2, 0.25) is 0 Å². The van der Waals surface area contributed by atoms with Crippen LogP contribution in [0.3, 0.4) is 0 Å². The van der Waals surface area contributed by atoms with Crippen molar-refractivity contribution in [2.75, 3.05) is 6.61 Å². The lowest BCUT2D eigenvalue weighted by atomic mass is 10.0. The van der Waals surface area contributed by atoms with Crippen molar-refractivity contribution < 1.29 is 4.74 Å². The molecule has 74 valence electrons. The molecular weight excluding hydrogens is 172 g/mol. The standard InChI is InChI=1S/C13H16O/c1-3-5-11-14-13-9-7-12(6-4-2)8-10-13/h4,7-9,13H,2,6,10-11H2,1H3. The predicted octanol–water partition coefficient (Wildman–Crippen LogP) is 2.86. The van der Waals surface area contributed by atoms with Crippen LogP contribution in [0.5, 0.6) is 0 Å². The van der Waals surface area contributed by atoms with Gasteiger partial charge < -0.3 is 4.74 Å². The monoisotopic (exact) mass is 188 g/mol. The fraction of sp³-hybridized carbons (Fsp3) is 0.385. The van der Waals surface area contributed by atoms with Gasteiger partial charge in [0.15, 0.2) is 0 Å². The molecule has 0 radical (unpaired) electrons. The number of allylic oxidation sites excluding steroid dienone is 3. The number of hydrogen-bond donors (Lipinski definition) is 0. The van der Waals surface area contributed by atoms with Crippen LogP contribution in [0.1, 0.15) is 19.8 Å². The van der Waals surface area contributed by atoms with Gasteiger partial charge in [0.25, 0.3) is 0 Å². The van der Waals surface area contributed by atoms with Crippen LogP contribution < -0.4 is 0 Å². The first-order chi connectivity index (χ1) is 6.86. The summed E-state index contributed by atoms with van der Waals surface area (Å²) in [6.45, 7) is 6.06. The Balaban J connectivity index is 2.31. The minimum absolute atomic E-state index is 0.199. The van der Waals surface area contributed by atoms with Gasteiger partial charge in [-0.2, -0.15) is 0 Å². The minimum Gasteiger partial charge on any atom is -0.361 e. The van der Waals surface area contributed by atoms with Gasteiger partial charge in [-0.25, -0.2) is 0 Å². The van der Waals surface area contributed by atoms with Gasteiger partial charge in [0.05, 0.1) is 6.10 Å². The molecule has 0 heterocycles. The zero-order chi connectivity index (χ0) is 10.2. The van der Waals surface area contributed by atoms with Crippen molar-refractivity contribution in [1.82, 2.24) is 0 Å². The molecule has 0 amide bonds. The Morgan fingerprint density at radius 1 is 1.71 bits per heavy atom. The normalized spacial score (nSPS) is 19.5. The topological polar surface area (TPSA) is 9.23 Å². The van der Waals surface area contributed by atoms with Gasteiger partial charge in [-0.15, -0.1) is 12.5 Å². The van der Waals surface area contributed by atoms with Gasteiger partial charge in [-0.3, -0.25) is 0 Å². The lowest BCUT2D eigenvalue weighted by molar-refractivity contribution is 0.114. The van der Waals surface area contributed by atoms with E-state index in [0.29, 0.717) is 6.61 Å². The molecule has 0 aromatic rings. The van der Waals surface area contributed by atoms with Crippen LogP contribution in [0.4, 0.5) is 0 Å². The minimum atomic E-state index is 0.199. The van der Waals surface area contributed by atoms with Gasteiger partial charge in [-0.1, -0.05) is 30.2 Å². The molecule has 0 aromatic carbocycles. The van der Waals surface area contributed by atoms with Crippen molar-refractivity contribution >= 4 is 0 Å². The highest BCUT2D eigenvalue weighted by atomic mass is 16.5. The maximum absolute atomic E-state index is 5.52. The van der Waals surface area contributed by atoms with E-state index < -0.39 is 0 Å². The second kappa shape index (κ2) is 6.23. The van der Waals surface area contributed by atoms with Crippen LogP contribution in [-0.2, 0) is 4.74 Å². The summed E-state index contributed by atoms with van der Waals surface area (Å²) >= 11 is 0. The molecule has 1 heteroatoms. The Bertz CT molecular complexity index is 299. The number of hydrogen-bond acceptors (Lipinski definition) is 1. The molecule has 0 bridgehead atoms. The summed E-state index contributed by atoms with van der Waals surface area (Å²) in [6, 6.07) is 0. The SMILES string of the molecule is C=CCC1=CCC(OCC#CC)C=C1. The number of ether oxygens (including phenoxy) is 1. The van der Waals surface area contributed by atoms with Crippen LogP contribution in [0, 0.1) is 11.8 Å². The molecule has 1 aliphatic rings. The number of rotatable bonds is 4. The summed E-state index contributed by atoms with van der Waals surface area (Å²) < 4.78 is 5.52. The van der Waals surface area contributed by atoms with E-state index in [1.54, 1.807) is 0 Å². The van der Waals surface area contributed by atoms with Crippen molar-refractivity contribution in [3.05, 3.63) is 36.5 Å². The van der Waals surface area contributed by atoms with Crippen molar-refractivity contribution in [3.63, 3.8) is 0 Å². The average molecular weight is 188 g/mol. The quantitative estimate of drug-likeness (QED) is 0.487. The average Bonchev–Trinajstić information content (AvgIpc) is 2.21. The Hall–Kier alpha value is -1.26. The fourth-order valence-corrected chi connectivity index (χ4v) is 1.31. The third-order valence-corrected chi connectivity index (χ3v) is 2.06. The van der Waals surface area contributed by atoms with Crippen LogP contribution in [0.25, 0.3) is 0 Å².